The third-order valence-electron chi connectivity index (χ3n) is 4.00. The SMILES string of the molecule is O=C1c2cc(COc3ccccc3)nn2CCN1c1cccc(=O)[nH]1. The summed E-state index contributed by atoms with van der Waals surface area (Å²) in [6, 6.07) is 16.0. The van der Waals surface area contributed by atoms with Crippen LogP contribution in [0.2, 0.25) is 0 Å². The second kappa shape index (κ2) is 6.27. The third kappa shape index (κ3) is 3.03. The Morgan fingerprint density at radius 1 is 1.04 bits per heavy atom. The number of para-hydroxylation sites is 1. The molecule has 0 unspecified atom stereocenters. The smallest absolute Gasteiger partial charge is 0.277 e. The van der Waals surface area contributed by atoms with Crippen molar-refractivity contribution in [1.29, 1.82) is 0 Å². The van der Waals surface area contributed by atoms with Crippen LogP contribution in [0.5, 0.6) is 5.75 Å². The van der Waals surface area contributed by atoms with Gasteiger partial charge in [-0.05, 0) is 24.3 Å². The highest BCUT2D eigenvalue weighted by Gasteiger charge is 2.28. The highest BCUT2D eigenvalue weighted by Crippen LogP contribution is 2.19. The lowest BCUT2D eigenvalue weighted by Gasteiger charge is -2.26. The highest BCUT2D eigenvalue weighted by molar-refractivity contribution is 6.05. The summed E-state index contributed by atoms with van der Waals surface area (Å²) >= 11 is 0. The number of rotatable bonds is 4. The molecule has 2 aromatic heterocycles. The van der Waals surface area contributed by atoms with Gasteiger partial charge in [0.2, 0.25) is 5.56 Å². The number of hydrogen-bond acceptors (Lipinski definition) is 4. The molecule has 0 fully saturated rings. The van der Waals surface area contributed by atoms with E-state index in [2.05, 4.69) is 10.1 Å². The molecule has 1 aromatic carbocycles. The molecule has 3 aromatic rings. The Hall–Kier alpha value is -3.35. The van der Waals surface area contributed by atoms with Crippen LogP contribution in [-0.4, -0.2) is 27.2 Å². The molecule has 0 bridgehead atoms. The van der Waals surface area contributed by atoms with Crippen LogP contribution in [0.4, 0.5) is 5.82 Å². The Kier molecular flexibility index (Phi) is 3.81. The monoisotopic (exact) mass is 336 g/mol. The average Bonchev–Trinajstić information content (AvgIpc) is 3.05. The number of benzene rings is 1. The zero-order valence-electron chi connectivity index (χ0n) is 13.4. The number of pyridine rings is 1. The standard InChI is InChI=1S/C18H16N4O3/c23-17-8-4-7-16(19-17)21-9-10-22-15(18(21)24)11-13(20-22)12-25-14-5-2-1-3-6-14/h1-8,11H,9-10,12H2,(H,19,23). The van der Waals surface area contributed by atoms with E-state index < -0.39 is 0 Å². The maximum atomic E-state index is 12.7. The number of amides is 1. The van der Waals surface area contributed by atoms with Crippen molar-refractivity contribution in [3.63, 3.8) is 0 Å². The Labute approximate surface area is 143 Å². The van der Waals surface area contributed by atoms with Crippen molar-refractivity contribution in [2.75, 3.05) is 11.4 Å². The Balaban J connectivity index is 1.53. The van der Waals surface area contributed by atoms with Gasteiger partial charge in [0, 0.05) is 12.6 Å². The van der Waals surface area contributed by atoms with Crippen LogP contribution in [0, 0.1) is 0 Å². The highest BCUT2D eigenvalue weighted by atomic mass is 16.5. The normalized spacial score (nSPS) is 13.6. The first-order valence-electron chi connectivity index (χ1n) is 7.96. The molecular weight excluding hydrogens is 320 g/mol. The third-order valence-corrected chi connectivity index (χ3v) is 4.00. The number of aromatic nitrogens is 3. The lowest BCUT2D eigenvalue weighted by atomic mass is 10.2. The van der Waals surface area contributed by atoms with Crippen molar-refractivity contribution in [2.24, 2.45) is 0 Å². The number of carbonyl (C=O) groups excluding carboxylic acids is 1. The second-order valence-electron chi connectivity index (χ2n) is 5.70. The zero-order chi connectivity index (χ0) is 17.2. The first kappa shape index (κ1) is 15.2. The molecule has 3 heterocycles. The summed E-state index contributed by atoms with van der Waals surface area (Å²) < 4.78 is 7.37. The van der Waals surface area contributed by atoms with Crippen LogP contribution in [0.15, 0.2) is 59.4 Å². The van der Waals surface area contributed by atoms with E-state index in [4.69, 9.17) is 4.74 Å². The van der Waals surface area contributed by atoms with E-state index in [1.165, 1.54) is 6.07 Å². The van der Waals surface area contributed by atoms with Crippen LogP contribution < -0.4 is 15.2 Å². The maximum Gasteiger partial charge on any atom is 0.277 e. The van der Waals surface area contributed by atoms with Crippen molar-refractivity contribution in [3.8, 4) is 5.75 Å². The van der Waals surface area contributed by atoms with Crippen molar-refractivity contribution >= 4 is 11.7 Å². The van der Waals surface area contributed by atoms with Gasteiger partial charge in [0.1, 0.15) is 29.6 Å². The molecule has 0 saturated carbocycles. The van der Waals surface area contributed by atoms with Crippen molar-refractivity contribution in [3.05, 3.63) is 76.3 Å². The molecule has 7 nitrogen and oxygen atoms in total. The van der Waals surface area contributed by atoms with E-state index in [0.717, 1.165) is 5.75 Å². The number of nitrogens with one attached hydrogen (secondary N) is 1. The number of hydrogen-bond donors (Lipinski definition) is 1. The second-order valence-corrected chi connectivity index (χ2v) is 5.70. The molecule has 1 aliphatic rings. The number of fused-ring (bicyclic) bond motifs is 1. The summed E-state index contributed by atoms with van der Waals surface area (Å²) in [4.78, 5) is 28.4. The minimum Gasteiger partial charge on any atom is -0.487 e. The van der Waals surface area contributed by atoms with Gasteiger partial charge in [-0.25, -0.2) is 0 Å². The molecule has 1 N–H and O–H groups in total. The quantitative estimate of drug-likeness (QED) is 0.788. The molecule has 1 aliphatic heterocycles. The zero-order valence-corrected chi connectivity index (χ0v) is 13.4. The molecule has 0 spiro atoms. The molecule has 4 rings (SSSR count). The summed E-state index contributed by atoms with van der Waals surface area (Å²) in [5, 5.41) is 4.43. The molecular formula is C18H16N4O3. The van der Waals surface area contributed by atoms with Gasteiger partial charge in [0.05, 0.1) is 6.54 Å². The van der Waals surface area contributed by atoms with E-state index in [1.807, 2.05) is 30.3 Å². The van der Waals surface area contributed by atoms with E-state index in [-0.39, 0.29) is 11.5 Å². The molecule has 126 valence electrons. The number of nitrogens with zero attached hydrogens (tertiary/aromatic N) is 3. The van der Waals surface area contributed by atoms with Gasteiger partial charge in [-0.1, -0.05) is 24.3 Å². The van der Waals surface area contributed by atoms with Gasteiger partial charge in [-0.2, -0.15) is 5.10 Å². The summed E-state index contributed by atoms with van der Waals surface area (Å²) in [5.74, 6) is 1.06. The van der Waals surface area contributed by atoms with Crippen LogP contribution in [0.1, 0.15) is 16.2 Å². The fourth-order valence-corrected chi connectivity index (χ4v) is 2.82. The molecule has 0 atom stereocenters. The topological polar surface area (TPSA) is 80.2 Å². The molecule has 1 amide bonds. The first-order valence-corrected chi connectivity index (χ1v) is 7.96. The fourth-order valence-electron chi connectivity index (χ4n) is 2.82. The van der Waals surface area contributed by atoms with Crippen LogP contribution in [0.3, 0.4) is 0 Å². The van der Waals surface area contributed by atoms with E-state index >= 15 is 0 Å². The average molecular weight is 336 g/mol. The molecule has 0 saturated heterocycles. The number of anilines is 1. The number of ether oxygens (including phenoxy) is 1. The minimum atomic E-state index is -0.235. The van der Waals surface area contributed by atoms with Gasteiger partial charge in [0.15, 0.2) is 0 Å². The Morgan fingerprint density at radius 3 is 2.68 bits per heavy atom. The summed E-state index contributed by atoms with van der Waals surface area (Å²) in [6.07, 6.45) is 0. The van der Waals surface area contributed by atoms with Gasteiger partial charge < -0.3 is 9.72 Å². The molecule has 0 radical (unpaired) electrons. The van der Waals surface area contributed by atoms with Crippen molar-refractivity contribution in [2.45, 2.75) is 13.2 Å². The Morgan fingerprint density at radius 2 is 1.88 bits per heavy atom. The van der Waals surface area contributed by atoms with Gasteiger partial charge in [-0.15, -0.1) is 0 Å². The van der Waals surface area contributed by atoms with E-state index in [0.29, 0.717) is 36.9 Å². The van der Waals surface area contributed by atoms with Crippen molar-refractivity contribution < 1.29 is 9.53 Å². The van der Waals surface area contributed by atoms with E-state index in [1.54, 1.807) is 27.8 Å². The predicted octanol–water partition coefficient (Wildman–Crippen LogP) is 1.81. The predicted molar refractivity (Wildman–Crippen MR) is 91.7 cm³/mol. The minimum absolute atomic E-state index is 0.188. The van der Waals surface area contributed by atoms with Gasteiger partial charge >= 0.3 is 0 Å². The van der Waals surface area contributed by atoms with Crippen LogP contribution >= 0.6 is 0 Å². The largest absolute Gasteiger partial charge is 0.487 e. The summed E-state index contributed by atoms with van der Waals surface area (Å²) in [7, 11) is 0. The van der Waals surface area contributed by atoms with E-state index in [9.17, 15) is 9.59 Å². The number of H-pyrrole nitrogens is 1. The summed E-state index contributed by atoms with van der Waals surface area (Å²) in [5.41, 5.74) is 0.944. The number of aromatic amines is 1. The lowest BCUT2D eigenvalue weighted by molar-refractivity contribution is 0.0961. The summed E-state index contributed by atoms with van der Waals surface area (Å²) in [6.45, 7) is 1.30. The van der Waals surface area contributed by atoms with Gasteiger partial charge in [0.25, 0.3) is 5.91 Å². The van der Waals surface area contributed by atoms with Crippen LogP contribution in [0.25, 0.3) is 0 Å². The molecule has 7 heteroatoms. The molecule has 0 aliphatic carbocycles. The first-order chi connectivity index (χ1) is 12.2. The van der Waals surface area contributed by atoms with Crippen molar-refractivity contribution in [1.82, 2.24) is 14.8 Å². The fraction of sp³-hybridized carbons (Fsp3) is 0.167. The Bertz CT molecular complexity index is 962. The molecule has 25 heavy (non-hydrogen) atoms. The number of carbonyl (C=O) groups is 1. The lowest BCUT2D eigenvalue weighted by Crippen LogP contribution is -2.41. The van der Waals surface area contributed by atoms with Gasteiger partial charge in [-0.3, -0.25) is 19.2 Å². The maximum absolute atomic E-state index is 12.7. The van der Waals surface area contributed by atoms with Crippen LogP contribution in [-0.2, 0) is 13.2 Å².